The molecule has 5 heteroatoms. The summed E-state index contributed by atoms with van der Waals surface area (Å²) < 4.78 is 4.28. The lowest BCUT2D eigenvalue weighted by Crippen LogP contribution is -1.98. The lowest BCUT2D eigenvalue weighted by atomic mass is 10.4. The van der Waals surface area contributed by atoms with E-state index in [2.05, 4.69) is 4.74 Å². The molecule has 0 saturated carbocycles. The number of carboxylic acids is 1. The van der Waals surface area contributed by atoms with Gasteiger partial charge in [0.05, 0.1) is 6.08 Å². The van der Waals surface area contributed by atoms with Crippen molar-refractivity contribution in [3.05, 3.63) is 23.7 Å². The fourth-order valence-corrected chi connectivity index (χ4v) is 0.575. The summed E-state index contributed by atoms with van der Waals surface area (Å²) >= 11 is 0. The number of cyclic esters (lactones) is 1. The van der Waals surface area contributed by atoms with Crippen LogP contribution in [0.1, 0.15) is 0 Å². The molecule has 2 N–H and O–H groups in total. The Bertz CT molecular complexity index is 273. The van der Waals surface area contributed by atoms with Crippen molar-refractivity contribution in [2.75, 3.05) is 0 Å². The van der Waals surface area contributed by atoms with Gasteiger partial charge in [-0.15, -0.1) is 0 Å². The molecule has 0 radical (unpaired) electrons. The van der Waals surface area contributed by atoms with Crippen molar-refractivity contribution in [1.29, 1.82) is 0 Å². The fraction of sp³-hybridized carbons (Fsp3) is 0. The van der Waals surface area contributed by atoms with Gasteiger partial charge in [0.15, 0.2) is 0 Å². The number of rotatable bonds is 1. The van der Waals surface area contributed by atoms with Gasteiger partial charge in [-0.05, 0) is 0 Å². The van der Waals surface area contributed by atoms with Crippen molar-refractivity contribution in [2.45, 2.75) is 0 Å². The average molecular weight is 156 g/mol. The minimum Gasteiger partial charge on any atom is -0.502 e. The second kappa shape index (κ2) is 2.45. The summed E-state index contributed by atoms with van der Waals surface area (Å²) in [4.78, 5) is 20.4. The van der Waals surface area contributed by atoms with Crippen molar-refractivity contribution in [2.24, 2.45) is 0 Å². The number of carbonyl (C=O) groups is 2. The summed E-state index contributed by atoms with van der Waals surface area (Å²) in [7, 11) is 0. The van der Waals surface area contributed by atoms with Gasteiger partial charge in [0.25, 0.3) is 0 Å². The van der Waals surface area contributed by atoms with Crippen LogP contribution in [0.3, 0.4) is 0 Å². The molecule has 1 aliphatic rings. The van der Waals surface area contributed by atoms with Crippen LogP contribution in [0.25, 0.3) is 0 Å². The second-order valence-electron chi connectivity index (χ2n) is 1.80. The first-order chi connectivity index (χ1) is 5.09. The van der Waals surface area contributed by atoms with E-state index in [0.29, 0.717) is 6.08 Å². The van der Waals surface area contributed by atoms with Gasteiger partial charge in [-0.3, -0.25) is 0 Å². The Morgan fingerprint density at radius 1 is 1.64 bits per heavy atom. The van der Waals surface area contributed by atoms with E-state index in [9.17, 15) is 9.59 Å². The lowest BCUT2D eigenvalue weighted by molar-refractivity contribution is -0.135. The molecule has 0 bridgehead atoms. The monoisotopic (exact) mass is 156 g/mol. The Hall–Kier alpha value is -1.78. The minimum atomic E-state index is -1.24. The predicted molar refractivity (Wildman–Crippen MR) is 32.5 cm³/mol. The highest BCUT2D eigenvalue weighted by atomic mass is 16.6. The SMILES string of the molecule is O=C(O)C=C1C=C(O)C(=O)O1. The van der Waals surface area contributed by atoms with Crippen LogP contribution < -0.4 is 0 Å². The Balaban J connectivity index is 2.83. The molecule has 0 unspecified atom stereocenters. The van der Waals surface area contributed by atoms with Gasteiger partial charge < -0.3 is 14.9 Å². The molecule has 1 rings (SSSR count). The van der Waals surface area contributed by atoms with E-state index < -0.39 is 17.7 Å². The molecule has 1 aliphatic heterocycles. The molecule has 0 fully saturated rings. The highest BCUT2D eigenvalue weighted by Crippen LogP contribution is 2.13. The normalized spacial score (nSPS) is 19.8. The van der Waals surface area contributed by atoms with E-state index in [4.69, 9.17) is 10.2 Å². The Labute approximate surface area is 61.2 Å². The van der Waals surface area contributed by atoms with Crippen molar-refractivity contribution >= 4 is 11.9 Å². The zero-order chi connectivity index (χ0) is 8.43. The summed E-state index contributed by atoms with van der Waals surface area (Å²) in [5, 5.41) is 16.8. The first-order valence-electron chi connectivity index (χ1n) is 2.67. The molecule has 0 spiro atoms. The summed E-state index contributed by atoms with van der Waals surface area (Å²) in [6.07, 6.45) is 1.62. The maximum Gasteiger partial charge on any atom is 0.378 e. The van der Waals surface area contributed by atoms with Gasteiger partial charge in [0.1, 0.15) is 5.76 Å². The number of hydrogen-bond donors (Lipinski definition) is 2. The predicted octanol–water partition coefficient (Wildman–Crippen LogP) is -0.0464. The first kappa shape index (κ1) is 7.33. The topological polar surface area (TPSA) is 83.8 Å². The molecule has 0 aromatic carbocycles. The number of aliphatic hydroxyl groups is 1. The third-order valence-corrected chi connectivity index (χ3v) is 0.964. The Morgan fingerprint density at radius 3 is 2.64 bits per heavy atom. The van der Waals surface area contributed by atoms with Crippen molar-refractivity contribution in [3.8, 4) is 0 Å². The Kier molecular flexibility index (Phi) is 1.63. The van der Waals surface area contributed by atoms with Crippen molar-refractivity contribution in [3.63, 3.8) is 0 Å². The van der Waals surface area contributed by atoms with Crippen LogP contribution in [0.4, 0.5) is 0 Å². The fourth-order valence-electron chi connectivity index (χ4n) is 0.575. The summed E-state index contributed by atoms with van der Waals surface area (Å²) in [5.74, 6) is -2.92. The van der Waals surface area contributed by atoms with E-state index in [1.54, 1.807) is 0 Å². The Morgan fingerprint density at radius 2 is 2.27 bits per heavy atom. The van der Waals surface area contributed by atoms with E-state index in [0.717, 1.165) is 6.08 Å². The molecule has 0 amide bonds. The van der Waals surface area contributed by atoms with Crippen LogP contribution in [-0.2, 0) is 14.3 Å². The molecule has 0 aromatic rings. The number of ether oxygens (including phenoxy) is 1. The zero-order valence-electron chi connectivity index (χ0n) is 5.27. The number of carboxylic acid groups (broad SMARTS) is 1. The third-order valence-electron chi connectivity index (χ3n) is 0.964. The molecule has 0 aliphatic carbocycles. The second-order valence-corrected chi connectivity index (χ2v) is 1.80. The smallest absolute Gasteiger partial charge is 0.378 e. The summed E-state index contributed by atoms with van der Waals surface area (Å²) in [6, 6.07) is 0. The van der Waals surface area contributed by atoms with Gasteiger partial charge in [-0.25, -0.2) is 9.59 Å². The quantitative estimate of drug-likeness (QED) is 0.411. The molecule has 0 aromatic heterocycles. The maximum atomic E-state index is 10.4. The van der Waals surface area contributed by atoms with Crippen LogP contribution in [0.2, 0.25) is 0 Å². The number of allylic oxidation sites excluding steroid dienone is 1. The standard InChI is InChI=1S/C6H4O5/c7-4-1-3(2-5(8)9)11-6(4)10/h1-2,7H,(H,8,9). The van der Waals surface area contributed by atoms with Crippen molar-refractivity contribution < 1.29 is 24.5 Å². The largest absolute Gasteiger partial charge is 0.502 e. The number of hydrogen-bond acceptors (Lipinski definition) is 4. The third kappa shape index (κ3) is 1.57. The number of aliphatic carboxylic acids is 1. The molecule has 0 saturated heterocycles. The van der Waals surface area contributed by atoms with Gasteiger partial charge in [-0.2, -0.15) is 0 Å². The van der Waals surface area contributed by atoms with E-state index in [1.165, 1.54) is 0 Å². The zero-order valence-corrected chi connectivity index (χ0v) is 5.27. The first-order valence-corrected chi connectivity index (χ1v) is 2.67. The molecule has 1 heterocycles. The molecular weight excluding hydrogens is 152 g/mol. The number of esters is 1. The van der Waals surface area contributed by atoms with Crippen LogP contribution in [-0.4, -0.2) is 22.2 Å². The molecule has 0 atom stereocenters. The summed E-state index contributed by atoms with van der Waals surface area (Å²) in [6.45, 7) is 0. The highest BCUT2D eigenvalue weighted by molar-refractivity contribution is 5.92. The van der Waals surface area contributed by atoms with Crippen molar-refractivity contribution in [1.82, 2.24) is 0 Å². The number of aliphatic hydroxyl groups excluding tert-OH is 1. The van der Waals surface area contributed by atoms with E-state index >= 15 is 0 Å². The molecule has 58 valence electrons. The number of carbonyl (C=O) groups excluding carboxylic acids is 1. The van der Waals surface area contributed by atoms with Crippen LogP contribution >= 0.6 is 0 Å². The van der Waals surface area contributed by atoms with Gasteiger partial charge in [-0.1, -0.05) is 0 Å². The summed E-state index contributed by atoms with van der Waals surface area (Å²) in [5.41, 5.74) is 0. The molecular formula is C6H4O5. The maximum absolute atomic E-state index is 10.4. The van der Waals surface area contributed by atoms with Crippen LogP contribution in [0.15, 0.2) is 23.7 Å². The van der Waals surface area contributed by atoms with Crippen LogP contribution in [0, 0.1) is 0 Å². The minimum absolute atomic E-state index is 0.167. The van der Waals surface area contributed by atoms with E-state index in [1.807, 2.05) is 0 Å². The van der Waals surface area contributed by atoms with Gasteiger partial charge in [0.2, 0.25) is 5.76 Å². The van der Waals surface area contributed by atoms with E-state index in [-0.39, 0.29) is 5.76 Å². The highest BCUT2D eigenvalue weighted by Gasteiger charge is 2.20. The molecule has 5 nitrogen and oxygen atoms in total. The average Bonchev–Trinajstić information content (AvgIpc) is 2.10. The lowest BCUT2D eigenvalue weighted by Gasteiger charge is -1.90. The molecule has 11 heavy (non-hydrogen) atoms. The van der Waals surface area contributed by atoms with Gasteiger partial charge >= 0.3 is 11.9 Å². The van der Waals surface area contributed by atoms with Gasteiger partial charge in [0, 0.05) is 6.08 Å². The van der Waals surface area contributed by atoms with Crippen LogP contribution in [0.5, 0.6) is 0 Å².